The Kier molecular flexibility index (Phi) is 5.97. The number of carbonyl (C=O) groups excluding carboxylic acids is 1. The minimum atomic E-state index is -3.34. The van der Waals surface area contributed by atoms with E-state index in [1.165, 1.54) is 4.67 Å². The zero-order valence-electron chi connectivity index (χ0n) is 12.5. The van der Waals surface area contributed by atoms with E-state index in [9.17, 15) is 9.36 Å². The Hall–Kier alpha value is -1.40. The van der Waals surface area contributed by atoms with E-state index in [0.717, 1.165) is 19.3 Å². The van der Waals surface area contributed by atoms with Crippen LogP contribution in [0.5, 0.6) is 5.75 Å². The van der Waals surface area contributed by atoms with E-state index in [-0.39, 0.29) is 6.54 Å². The monoisotopic (exact) mass is 328 g/mol. The van der Waals surface area contributed by atoms with Gasteiger partial charge in [-0.05, 0) is 43.5 Å². The summed E-state index contributed by atoms with van der Waals surface area (Å²) in [6.45, 7) is 0.664. The Balaban J connectivity index is 2.32. The summed E-state index contributed by atoms with van der Waals surface area (Å²) in [7, 11) is -1.78. The maximum absolute atomic E-state index is 13.4. The van der Waals surface area contributed by atoms with Crippen molar-refractivity contribution >= 4 is 18.7 Å². The van der Waals surface area contributed by atoms with Crippen LogP contribution < -0.4 is 15.5 Å². The molecule has 2 N–H and O–H groups in total. The average molecular weight is 328 g/mol. The second kappa shape index (κ2) is 7.74. The van der Waals surface area contributed by atoms with Gasteiger partial charge in [0.05, 0.1) is 25.6 Å². The van der Waals surface area contributed by atoms with Crippen LogP contribution in [0.15, 0.2) is 24.3 Å². The van der Waals surface area contributed by atoms with Gasteiger partial charge in [-0.15, -0.1) is 0 Å². The molecule has 0 saturated carbocycles. The number of hydroxylamine groups is 1. The van der Waals surface area contributed by atoms with Crippen LogP contribution >= 0.6 is 7.52 Å². The van der Waals surface area contributed by atoms with Crippen molar-refractivity contribution in [1.29, 1.82) is 0 Å². The summed E-state index contributed by atoms with van der Waals surface area (Å²) in [6, 6.07) is 6.79. The summed E-state index contributed by atoms with van der Waals surface area (Å²) in [5, 5.41) is 9.24. The normalized spacial score (nSPS) is 23.4. The number of ether oxygens (including phenoxy) is 1. The number of methoxy groups -OCH3 is 1. The molecule has 1 aliphatic rings. The zero-order chi connectivity index (χ0) is 16.0. The molecule has 1 aromatic carbocycles. The lowest BCUT2D eigenvalue weighted by Crippen LogP contribution is -2.38. The maximum atomic E-state index is 13.4. The van der Waals surface area contributed by atoms with Crippen molar-refractivity contribution in [3.05, 3.63) is 24.3 Å². The van der Waals surface area contributed by atoms with Gasteiger partial charge in [-0.3, -0.25) is 14.6 Å². The molecule has 1 heterocycles. The number of nitrogens with one attached hydrogen (secondary N) is 1. The fourth-order valence-corrected chi connectivity index (χ4v) is 4.62. The fraction of sp³-hybridized carbons (Fsp3) is 0.500. The third-order valence-electron chi connectivity index (χ3n) is 3.55. The van der Waals surface area contributed by atoms with Gasteiger partial charge in [0.25, 0.3) is 5.91 Å². The van der Waals surface area contributed by atoms with Gasteiger partial charge in [0.1, 0.15) is 5.75 Å². The van der Waals surface area contributed by atoms with Crippen molar-refractivity contribution in [3.8, 4) is 5.75 Å². The van der Waals surface area contributed by atoms with E-state index < -0.39 is 13.4 Å². The number of amides is 1. The molecule has 2 rings (SSSR count). The fourth-order valence-electron chi connectivity index (χ4n) is 2.36. The van der Waals surface area contributed by atoms with Crippen molar-refractivity contribution in [2.75, 3.05) is 26.8 Å². The quantitative estimate of drug-likeness (QED) is 0.495. The molecule has 1 fully saturated rings. The second-order valence-electron chi connectivity index (χ2n) is 5.04. The highest BCUT2D eigenvalue weighted by atomic mass is 31.2. The lowest BCUT2D eigenvalue weighted by Gasteiger charge is -2.32. The number of benzene rings is 1. The molecule has 0 aromatic heterocycles. The van der Waals surface area contributed by atoms with Gasteiger partial charge in [0, 0.05) is 6.54 Å². The van der Waals surface area contributed by atoms with Gasteiger partial charge in [-0.2, -0.15) is 0 Å². The standard InChI is InChI=1S/C14H21N2O5P/c1-20-12-5-7-13(8-6-12)22(19)16(11-14(17)15-18)9-3-2-4-10-21-22/h5-8,18H,2-4,9-11H2,1H3,(H,15,17). The summed E-state index contributed by atoms with van der Waals surface area (Å²) < 4.78 is 25.7. The number of nitrogens with zero attached hydrogens (tertiary/aromatic N) is 1. The largest absolute Gasteiger partial charge is 0.497 e. The highest BCUT2D eigenvalue weighted by Crippen LogP contribution is 2.50. The number of hydrogen-bond donors (Lipinski definition) is 2. The van der Waals surface area contributed by atoms with Crippen molar-refractivity contribution < 1.29 is 23.8 Å². The Morgan fingerprint density at radius 2 is 2.09 bits per heavy atom. The molecule has 1 amide bonds. The lowest BCUT2D eigenvalue weighted by molar-refractivity contribution is -0.129. The predicted molar refractivity (Wildman–Crippen MR) is 81.5 cm³/mol. The van der Waals surface area contributed by atoms with E-state index in [0.29, 0.717) is 24.2 Å². The Morgan fingerprint density at radius 3 is 2.73 bits per heavy atom. The molecule has 1 unspecified atom stereocenters. The minimum Gasteiger partial charge on any atom is -0.497 e. The summed E-state index contributed by atoms with van der Waals surface area (Å²) >= 11 is 0. The third kappa shape index (κ3) is 3.87. The summed E-state index contributed by atoms with van der Waals surface area (Å²) in [6.07, 6.45) is 2.60. The molecular weight excluding hydrogens is 307 g/mol. The van der Waals surface area contributed by atoms with E-state index in [1.54, 1.807) is 36.9 Å². The van der Waals surface area contributed by atoms with Crippen LogP contribution in [-0.4, -0.2) is 42.6 Å². The first-order valence-corrected chi connectivity index (χ1v) is 8.75. The molecule has 7 nitrogen and oxygen atoms in total. The number of hydrogen-bond acceptors (Lipinski definition) is 5. The Labute approximate surface area is 129 Å². The van der Waals surface area contributed by atoms with Crippen LogP contribution in [0, 0.1) is 0 Å². The first-order chi connectivity index (χ1) is 10.6. The molecule has 22 heavy (non-hydrogen) atoms. The molecule has 0 aliphatic carbocycles. The van der Waals surface area contributed by atoms with Crippen LogP contribution in [0.3, 0.4) is 0 Å². The average Bonchev–Trinajstić information content (AvgIpc) is 2.54. The zero-order valence-corrected chi connectivity index (χ0v) is 13.4. The second-order valence-corrected chi connectivity index (χ2v) is 7.42. The van der Waals surface area contributed by atoms with E-state index >= 15 is 0 Å². The SMILES string of the molecule is COc1ccc(P2(=O)OCCCCCN2CC(=O)NO)cc1. The van der Waals surface area contributed by atoms with Crippen LogP contribution in [0.25, 0.3) is 0 Å². The number of rotatable bonds is 4. The van der Waals surface area contributed by atoms with Gasteiger partial charge in [0.15, 0.2) is 0 Å². The van der Waals surface area contributed by atoms with Gasteiger partial charge in [-0.1, -0.05) is 0 Å². The van der Waals surface area contributed by atoms with Gasteiger partial charge >= 0.3 is 7.52 Å². The van der Waals surface area contributed by atoms with Crippen LogP contribution in [0.4, 0.5) is 0 Å². The van der Waals surface area contributed by atoms with Crippen molar-refractivity contribution in [2.45, 2.75) is 19.3 Å². The molecule has 122 valence electrons. The highest BCUT2D eigenvalue weighted by molar-refractivity contribution is 7.64. The van der Waals surface area contributed by atoms with Crippen LogP contribution in [-0.2, 0) is 13.9 Å². The molecule has 8 heteroatoms. The topological polar surface area (TPSA) is 88.1 Å². The molecular formula is C14H21N2O5P. The summed E-state index contributed by atoms with van der Waals surface area (Å²) in [5.74, 6) is 0.0416. The lowest BCUT2D eigenvalue weighted by atomic mass is 10.2. The van der Waals surface area contributed by atoms with E-state index in [4.69, 9.17) is 14.5 Å². The predicted octanol–water partition coefficient (Wildman–Crippen LogP) is 1.52. The molecule has 0 radical (unpaired) electrons. The molecule has 1 aliphatic heterocycles. The first kappa shape index (κ1) is 17.0. The maximum Gasteiger partial charge on any atom is 0.302 e. The molecule has 1 aromatic rings. The highest BCUT2D eigenvalue weighted by Gasteiger charge is 2.36. The van der Waals surface area contributed by atoms with Crippen molar-refractivity contribution in [1.82, 2.24) is 10.2 Å². The van der Waals surface area contributed by atoms with E-state index in [1.807, 2.05) is 0 Å². The minimum absolute atomic E-state index is 0.181. The molecule has 1 saturated heterocycles. The molecule has 0 bridgehead atoms. The number of carbonyl (C=O) groups is 1. The van der Waals surface area contributed by atoms with Crippen molar-refractivity contribution in [2.24, 2.45) is 0 Å². The summed E-state index contributed by atoms with van der Waals surface area (Å²) in [5.41, 5.74) is 1.58. The third-order valence-corrected chi connectivity index (χ3v) is 6.12. The molecule has 1 atom stereocenters. The van der Waals surface area contributed by atoms with Gasteiger partial charge in [0.2, 0.25) is 0 Å². The van der Waals surface area contributed by atoms with Crippen molar-refractivity contribution in [3.63, 3.8) is 0 Å². The Bertz CT molecular complexity index is 549. The smallest absolute Gasteiger partial charge is 0.302 e. The first-order valence-electron chi connectivity index (χ1n) is 7.17. The Morgan fingerprint density at radius 1 is 1.36 bits per heavy atom. The van der Waals surface area contributed by atoms with Crippen LogP contribution in [0.2, 0.25) is 0 Å². The molecule has 0 spiro atoms. The van der Waals surface area contributed by atoms with Gasteiger partial charge < -0.3 is 9.26 Å². The van der Waals surface area contributed by atoms with Gasteiger partial charge in [-0.25, -0.2) is 10.2 Å². The summed E-state index contributed by atoms with van der Waals surface area (Å²) in [4.78, 5) is 11.5. The van der Waals surface area contributed by atoms with Crippen LogP contribution in [0.1, 0.15) is 19.3 Å². The van der Waals surface area contributed by atoms with E-state index in [2.05, 4.69) is 0 Å².